The number of fused-ring (bicyclic) bond motifs is 1. The second-order valence-electron chi connectivity index (χ2n) is 4.09. The van der Waals surface area contributed by atoms with Crippen molar-refractivity contribution >= 4 is 17.4 Å². The Balaban J connectivity index is 2.23. The molecule has 0 saturated heterocycles. The van der Waals surface area contributed by atoms with Crippen LogP contribution in [0.25, 0.3) is 0 Å². The van der Waals surface area contributed by atoms with E-state index in [4.69, 9.17) is 11.2 Å². The molecule has 0 aromatic heterocycles. The molecule has 1 aliphatic rings. The lowest BCUT2D eigenvalue weighted by Gasteiger charge is -2.23. The second-order valence-corrected chi connectivity index (χ2v) is 4.09. The Morgan fingerprint density at radius 3 is 3.06 bits per heavy atom. The molecule has 0 bridgehead atoms. The average molecular weight is 243 g/mol. The summed E-state index contributed by atoms with van der Waals surface area (Å²) in [4.78, 5) is 23.2. The van der Waals surface area contributed by atoms with Gasteiger partial charge in [0.15, 0.2) is 11.9 Å². The van der Waals surface area contributed by atoms with Crippen molar-refractivity contribution in [1.29, 1.82) is 0 Å². The van der Waals surface area contributed by atoms with E-state index in [1.165, 1.54) is 0 Å². The lowest BCUT2D eigenvalue weighted by atomic mass is 10.0. The minimum absolute atomic E-state index is 0.0383. The van der Waals surface area contributed by atoms with Gasteiger partial charge in [0.25, 0.3) is 5.91 Å². The van der Waals surface area contributed by atoms with Gasteiger partial charge in [-0.3, -0.25) is 9.59 Å². The van der Waals surface area contributed by atoms with E-state index in [1.54, 1.807) is 25.1 Å². The molecule has 1 atom stereocenters. The van der Waals surface area contributed by atoms with E-state index in [9.17, 15) is 9.59 Å². The minimum Gasteiger partial charge on any atom is -0.479 e. The molecule has 1 aromatic carbocycles. The van der Waals surface area contributed by atoms with E-state index < -0.39 is 6.10 Å². The molecule has 0 fully saturated rings. The number of ketones is 1. The van der Waals surface area contributed by atoms with Crippen molar-refractivity contribution in [1.82, 2.24) is 0 Å². The summed E-state index contributed by atoms with van der Waals surface area (Å²) < 4.78 is 5.40. The smallest absolute Gasteiger partial charge is 0.265 e. The zero-order valence-corrected chi connectivity index (χ0v) is 10.0. The molecule has 1 unspecified atom stereocenters. The van der Waals surface area contributed by atoms with Crippen molar-refractivity contribution in [2.75, 3.05) is 5.32 Å². The first-order valence-corrected chi connectivity index (χ1v) is 5.70. The number of nitrogens with one attached hydrogen (secondary N) is 1. The molecule has 1 N–H and O–H groups in total. The van der Waals surface area contributed by atoms with Gasteiger partial charge < -0.3 is 10.1 Å². The number of benzene rings is 1. The molecule has 18 heavy (non-hydrogen) atoms. The molecule has 1 aliphatic heterocycles. The van der Waals surface area contributed by atoms with Crippen LogP contribution in [-0.2, 0) is 4.79 Å². The van der Waals surface area contributed by atoms with Crippen molar-refractivity contribution in [2.45, 2.75) is 25.9 Å². The van der Waals surface area contributed by atoms with Crippen LogP contribution in [0.4, 0.5) is 5.69 Å². The highest BCUT2D eigenvalue weighted by Gasteiger charge is 2.24. The maximum atomic E-state index is 11.8. The van der Waals surface area contributed by atoms with E-state index in [0.29, 0.717) is 29.8 Å². The zero-order valence-electron chi connectivity index (χ0n) is 10.0. The predicted molar refractivity (Wildman–Crippen MR) is 67.6 cm³/mol. The number of carbonyl (C=O) groups excluding carboxylic acids is 2. The lowest BCUT2D eigenvalue weighted by molar-refractivity contribution is -0.122. The van der Waals surface area contributed by atoms with Gasteiger partial charge in [0.05, 0.1) is 5.69 Å². The van der Waals surface area contributed by atoms with E-state index >= 15 is 0 Å². The van der Waals surface area contributed by atoms with Gasteiger partial charge in [0.1, 0.15) is 5.75 Å². The Kier molecular flexibility index (Phi) is 3.33. The fourth-order valence-corrected chi connectivity index (χ4v) is 1.71. The molecule has 0 aliphatic carbocycles. The highest BCUT2D eigenvalue weighted by atomic mass is 16.5. The van der Waals surface area contributed by atoms with Gasteiger partial charge in [-0.1, -0.05) is 0 Å². The Morgan fingerprint density at radius 1 is 1.56 bits per heavy atom. The lowest BCUT2D eigenvalue weighted by Crippen LogP contribution is -2.34. The summed E-state index contributed by atoms with van der Waals surface area (Å²) in [5, 5.41) is 2.70. The third kappa shape index (κ3) is 2.35. The molecule has 4 nitrogen and oxygen atoms in total. The van der Waals surface area contributed by atoms with Gasteiger partial charge >= 0.3 is 0 Å². The van der Waals surface area contributed by atoms with E-state index in [1.807, 2.05) is 0 Å². The average Bonchev–Trinajstić information content (AvgIpc) is 2.36. The summed E-state index contributed by atoms with van der Waals surface area (Å²) in [5.74, 6) is 2.76. The zero-order chi connectivity index (χ0) is 13.1. The maximum Gasteiger partial charge on any atom is 0.265 e. The van der Waals surface area contributed by atoms with Crippen molar-refractivity contribution in [3.05, 3.63) is 23.8 Å². The SMILES string of the molecule is C#CCCC(=O)c1ccc2c(c1)NC(=O)C(C)O2. The largest absolute Gasteiger partial charge is 0.479 e. The van der Waals surface area contributed by atoms with Crippen LogP contribution in [0.1, 0.15) is 30.1 Å². The van der Waals surface area contributed by atoms with Gasteiger partial charge in [0, 0.05) is 18.4 Å². The van der Waals surface area contributed by atoms with Crippen LogP contribution in [0.15, 0.2) is 18.2 Å². The first-order valence-electron chi connectivity index (χ1n) is 5.70. The summed E-state index contributed by atoms with van der Waals surface area (Å²) in [7, 11) is 0. The number of hydrogen-bond acceptors (Lipinski definition) is 3. The highest BCUT2D eigenvalue weighted by Crippen LogP contribution is 2.30. The van der Waals surface area contributed by atoms with Gasteiger partial charge in [-0.05, 0) is 25.1 Å². The number of hydrogen-bond donors (Lipinski definition) is 1. The molecule has 1 amide bonds. The predicted octanol–water partition coefficient (Wildman–Crippen LogP) is 2.00. The summed E-state index contributed by atoms with van der Waals surface area (Å²) >= 11 is 0. The van der Waals surface area contributed by atoms with E-state index in [0.717, 1.165) is 0 Å². The summed E-state index contributed by atoms with van der Waals surface area (Å²) in [5.41, 5.74) is 1.06. The van der Waals surface area contributed by atoms with Crippen LogP contribution in [0.5, 0.6) is 5.75 Å². The molecule has 0 spiro atoms. The number of carbonyl (C=O) groups is 2. The Hall–Kier alpha value is -2.28. The Bertz CT molecular complexity index is 542. The van der Waals surface area contributed by atoms with E-state index in [-0.39, 0.29) is 11.7 Å². The molecular formula is C14H13NO3. The molecule has 92 valence electrons. The Morgan fingerprint density at radius 2 is 2.33 bits per heavy atom. The molecule has 2 rings (SSSR count). The van der Waals surface area contributed by atoms with Gasteiger partial charge in [-0.2, -0.15) is 0 Å². The summed E-state index contributed by atoms with van der Waals surface area (Å²) in [6.07, 6.45) is 5.33. The monoisotopic (exact) mass is 243 g/mol. The molecular weight excluding hydrogens is 230 g/mol. The topological polar surface area (TPSA) is 55.4 Å². The summed E-state index contributed by atoms with van der Waals surface area (Å²) in [6.45, 7) is 1.67. The fraction of sp³-hybridized carbons (Fsp3) is 0.286. The first-order chi connectivity index (χ1) is 8.61. The summed E-state index contributed by atoms with van der Waals surface area (Å²) in [6, 6.07) is 4.99. The maximum absolute atomic E-state index is 11.8. The van der Waals surface area contributed by atoms with Crippen LogP contribution >= 0.6 is 0 Å². The second kappa shape index (κ2) is 4.92. The van der Waals surface area contributed by atoms with Crippen molar-refractivity contribution in [3.8, 4) is 18.1 Å². The molecule has 4 heteroatoms. The van der Waals surface area contributed by atoms with Crippen LogP contribution in [0.3, 0.4) is 0 Å². The quantitative estimate of drug-likeness (QED) is 0.652. The Labute approximate surface area is 105 Å². The number of rotatable bonds is 3. The number of anilines is 1. The van der Waals surface area contributed by atoms with Gasteiger partial charge in [-0.15, -0.1) is 12.3 Å². The molecule has 0 saturated carbocycles. The van der Waals surface area contributed by atoms with Crippen LogP contribution in [-0.4, -0.2) is 17.8 Å². The fourth-order valence-electron chi connectivity index (χ4n) is 1.71. The van der Waals surface area contributed by atoms with Crippen molar-refractivity contribution in [2.24, 2.45) is 0 Å². The normalized spacial score (nSPS) is 17.1. The van der Waals surface area contributed by atoms with Crippen LogP contribution in [0, 0.1) is 12.3 Å². The van der Waals surface area contributed by atoms with Crippen LogP contribution < -0.4 is 10.1 Å². The number of ether oxygens (including phenoxy) is 1. The molecule has 0 radical (unpaired) electrons. The number of Topliss-reactive ketones (excluding diaryl/α,β-unsaturated/α-hetero) is 1. The molecule has 1 aromatic rings. The van der Waals surface area contributed by atoms with Gasteiger partial charge in [-0.25, -0.2) is 0 Å². The third-order valence-corrected chi connectivity index (χ3v) is 2.73. The number of terminal acetylenes is 1. The minimum atomic E-state index is -0.513. The van der Waals surface area contributed by atoms with Crippen molar-refractivity contribution < 1.29 is 14.3 Å². The number of amides is 1. The first kappa shape index (κ1) is 12.2. The van der Waals surface area contributed by atoms with E-state index in [2.05, 4.69) is 11.2 Å². The highest BCUT2D eigenvalue weighted by molar-refractivity contribution is 6.01. The molecule has 1 heterocycles. The van der Waals surface area contributed by atoms with Gasteiger partial charge in [0.2, 0.25) is 0 Å². The van der Waals surface area contributed by atoms with Crippen LogP contribution in [0.2, 0.25) is 0 Å². The third-order valence-electron chi connectivity index (χ3n) is 2.73. The van der Waals surface area contributed by atoms with Crippen molar-refractivity contribution in [3.63, 3.8) is 0 Å². The standard InChI is InChI=1S/C14H13NO3/c1-3-4-5-12(16)10-6-7-13-11(8-10)15-14(17)9(2)18-13/h1,6-9H,4-5H2,2H3,(H,15,17).